The first-order chi connectivity index (χ1) is 15.2. The van der Waals surface area contributed by atoms with E-state index in [9.17, 15) is 0 Å². The first-order valence-electron chi connectivity index (χ1n) is 11.1. The van der Waals surface area contributed by atoms with E-state index in [0.717, 1.165) is 42.3 Å². The Balaban J connectivity index is 1.10. The van der Waals surface area contributed by atoms with Crippen molar-refractivity contribution < 1.29 is 9.22 Å². The van der Waals surface area contributed by atoms with Gasteiger partial charge in [-0.3, -0.25) is 0 Å². The van der Waals surface area contributed by atoms with Crippen LogP contribution in [0.5, 0.6) is 0 Å². The van der Waals surface area contributed by atoms with Crippen molar-refractivity contribution in [3.8, 4) is 0 Å². The first-order valence-corrected chi connectivity index (χ1v) is 12.2. The molecule has 1 spiro atoms. The summed E-state index contributed by atoms with van der Waals surface area (Å²) in [6.07, 6.45) is 9.80. The lowest BCUT2D eigenvalue weighted by molar-refractivity contribution is -0.160. The molecule has 6 nitrogen and oxygen atoms in total. The van der Waals surface area contributed by atoms with Crippen LogP contribution in [0.15, 0.2) is 41.6 Å². The zero-order chi connectivity index (χ0) is 21.3. The topological polar surface area (TPSA) is 59.5 Å². The van der Waals surface area contributed by atoms with E-state index in [2.05, 4.69) is 49.3 Å². The Morgan fingerprint density at radius 3 is 2.52 bits per heavy atom. The van der Waals surface area contributed by atoms with Gasteiger partial charge in [0.15, 0.2) is 0 Å². The van der Waals surface area contributed by atoms with Gasteiger partial charge in [0.1, 0.15) is 0 Å². The second kappa shape index (κ2) is 9.24. The van der Waals surface area contributed by atoms with Crippen molar-refractivity contribution >= 4 is 29.6 Å². The highest BCUT2D eigenvalue weighted by atomic mass is 35.5. The molecule has 3 fully saturated rings. The van der Waals surface area contributed by atoms with E-state index in [0.29, 0.717) is 16.5 Å². The highest BCUT2D eigenvalue weighted by Gasteiger charge is 2.57. The number of rotatable bonds is 6. The van der Waals surface area contributed by atoms with Gasteiger partial charge in [-0.15, -0.1) is 0 Å². The summed E-state index contributed by atoms with van der Waals surface area (Å²) >= 11 is 7.16. The minimum atomic E-state index is 0.457. The first kappa shape index (κ1) is 21.5. The third-order valence-corrected chi connectivity index (χ3v) is 8.23. The van der Waals surface area contributed by atoms with Crippen LogP contribution in [0.2, 0.25) is 5.02 Å². The van der Waals surface area contributed by atoms with E-state index in [1.165, 1.54) is 56.8 Å². The predicted molar refractivity (Wildman–Crippen MR) is 123 cm³/mol. The van der Waals surface area contributed by atoms with E-state index in [1.54, 1.807) is 12.4 Å². The fourth-order valence-corrected chi connectivity index (χ4v) is 6.06. The van der Waals surface area contributed by atoms with Gasteiger partial charge in [-0.05, 0) is 67.1 Å². The molecular weight excluding hydrogens is 432 g/mol. The molecule has 1 aromatic carbocycles. The Morgan fingerprint density at radius 1 is 1.13 bits per heavy atom. The smallest absolute Gasteiger partial charge is 0.225 e. The maximum Gasteiger partial charge on any atom is 0.225 e. The second-order valence-corrected chi connectivity index (χ2v) is 10.3. The van der Waals surface area contributed by atoms with Crippen molar-refractivity contribution in [2.24, 2.45) is 17.3 Å². The summed E-state index contributed by atoms with van der Waals surface area (Å²) in [4.78, 5) is 16.8. The van der Waals surface area contributed by atoms with E-state index in [4.69, 9.17) is 15.9 Å². The largest absolute Gasteiger partial charge is 0.341 e. The van der Waals surface area contributed by atoms with E-state index in [-0.39, 0.29) is 0 Å². The van der Waals surface area contributed by atoms with Crippen LogP contribution in [0.25, 0.3) is 0 Å². The van der Waals surface area contributed by atoms with Crippen molar-refractivity contribution in [2.75, 3.05) is 31.6 Å². The van der Waals surface area contributed by atoms with Gasteiger partial charge in [0.25, 0.3) is 0 Å². The molecule has 0 bridgehead atoms. The van der Waals surface area contributed by atoms with Crippen LogP contribution in [-0.4, -0.2) is 36.7 Å². The normalized spacial score (nSPS) is 28.8. The molecule has 166 valence electrons. The molecule has 3 atom stereocenters. The quantitative estimate of drug-likeness (QED) is 0.367. The van der Waals surface area contributed by atoms with Gasteiger partial charge in [-0.2, -0.15) is 4.33 Å². The molecule has 0 amide bonds. The second-order valence-electron chi connectivity index (χ2n) is 9.06. The van der Waals surface area contributed by atoms with Crippen LogP contribution in [0.3, 0.4) is 0 Å². The lowest BCUT2D eigenvalue weighted by Gasteiger charge is -2.36. The van der Waals surface area contributed by atoms with Crippen LogP contribution in [0.1, 0.15) is 43.7 Å². The number of nitrogens with one attached hydrogen (secondary N) is 1. The van der Waals surface area contributed by atoms with Gasteiger partial charge in [-0.25, -0.2) is 14.9 Å². The molecule has 5 rings (SSSR count). The lowest BCUT2D eigenvalue weighted by Crippen LogP contribution is -2.39. The number of aromatic nitrogens is 2. The minimum Gasteiger partial charge on any atom is -0.341 e. The molecule has 3 heterocycles. The summed E-state index contributed by atoms with van der Waals surface area (Å²) in [5, 5.41) is 4.45. The molecule has 1 aliphatic carbocycles. The summed E-state index contributed by atoms with van der Waals surface area (Å²) < 4.78 is 4.93. The Hall–Kier alpha value is -1.38. The molecule has 8 heteroatoms. The van der Waals surface area contributed by atoms with Gasteiger partial charge in [0.2, 0.25) is 5.95 Å². The highest BCUT2D eigenvalue weighted by Crippen LogP contribution is 2.62. The van der Waals surface area contributed by atoms with Crippen molar-refractivity contribution in [2.45, 2.75) is 43.0 Å². The standard InChI is InChI=1S/C23H29ClN4O2S/c1-29-30-31-19-4-2-17(3-5-19)21-6-9-23(15-27-21)12-20(23)16-7-10-28(11-8-16)22-25-13-18(24)14-26-22/h2-5,13-14,16,20-21,27H,6-12,15H2,1H3. The SMILES string of the molecule is COOSc1ccc(C2CCC3(CN2)CC3C2CCN(c3ncc(Cl)cn3)CC2)cc1. The molecule has 1 saturated carbocycles. The van der Waals surface area contributed by atoms with Crippen LogP contribution in [-0.2, 0) is 9.22 Å². The molecule has 0 radical (unpaired) electrons. The van der Waals surface area contributed by atoms with Crippen LogP contribution in [0, 0.1) is 17.3 Å². The van der Waals surface area contributed by atoms with Gasteiger partial charge in [0, 0.05) is 30.6 Å². The molecular formula is C23H29ClN4O2S. The average molecular weight is 461 g/mol. The number of nitrogens with zero attached hydrogens (tertiary/aromatic N) is 3. The number of halogens is 1. The number of benzene rings is 1. The van der Waals surface area contributed by atoms with Gasteiger partial charge < -0.3 is 10.2 Å². The predicted octanol–water partition coefficient (Wildman–Crippen LogP) is 5.06. The molecule has 1 aromatic heterocycles. The highest BCUT2D eigenvalue weighted by molar-refractivity contribution is 7.94. The molecule has 2 aromatic rings. The third-order valence-electron chi connectivity index (χ3n) is 7.36. The monoisotopic (exact) mass is 460 g/mol. The van der Waals surface area contributed by atoms with Gasteiger partial charge in [0.05, 0.1) is 36.6 Å². The molecule has 2 aliphatic heterocycles. The van der Waals surface area contributed by atoms with E-state index in [1.807, 2.05) is 0 Å². The summed E-state index contributed by atoms with van der Waals surface area (Å²) in [5.41, 5.74) is 1.90. The third kappa shape index (κ3) is 4.71. The number of piperidine rings is 2. The molecule has 3 unspecified atom stereocenters. The summed E-state index contributed by atoms with van der Waals surface area (Å²) in [7, 11) is 1.52. The van der Waals surface area contributed by atoms with Crippen molar-refractivity contribution in [3.63, 3.8) is 0 Å². The Bertz CT molecular complexity index is 866. The van der Waals surface area contributed by atoms with Crippen molar-refractivity contribution in [3.05, 3.63) is 47.2 Å². The van der Waals surface area contributed by atoms with E-state index < -0.39 is 0 Å². The summed E-state index contributed by atoms with van der Waals surface area (Å²) in [5.74, 6) is 2.52. The maximum atomic E-state index is 5.92. The van der Waals surface area contributed by atoms with Crippen LogP contribution in [0.4, 0.5) is 5.95 Å². The van der Waals surface area contributed by atoms with Crippen molar-refractivity contribution in [1.82, 2.24) is 15.3 Å². The van der Waals surface area contributed by atoms with Gasteiger partial charge >= 0.3 is 0 Å². The molecule has 2 saturated heterocycles. The molecule has 3 aliphatic rings. The molecule has 1 N–H and O–H groups in total. The Labute approximate surface area is 193 Å². The summed E-state index contributed by atoms with van der Waals surface area (Å²) in [6, 6.07) is 9.07. The molecule has 31 heavy (non-hydrogen) atoms. The Kier molecular flexibility index (Phi) is 6.40. The van der Waals surface area contributed by atoms with Gasteiger partial charge in [-0.1, -0.05) is 23.7 Å². The fourth-order valence-electron chi connectivity index (χ4n) is 5.57. The zero-order valence-corrected chi connectivity index (χ0v) is 19.4. The maximum absolute atomic E-state index is 5.92. The lowest BCUT2D eigenvalue weighted by atomic mass is 9.81. The average Bonchev–Trinajstić information content (AvgIpc) is 3.52. The van der Waals surface area contributed by atoms with Crippen LogP contribution >= 0.6 is 23.6 Å². The number of anilines is 1. The van der Waals surface area contributed by atoms with Crippen LogP contribution < -0.4 is 10.2 Å². The number of hydrogen-bond acceptors (Lipinski definition) is 7. The van der Waals surface area contributed by atoms with E-state index >= 15 is 0 Å². The number of hydrogen-bond donors (Lipinski definition) is 1. The fraction of sp³-hybridized carbons (Fsp3) is 0.565. The minimum absolute atomic E-state index is 0.457. The zero-order valence-electron chi connectivity index (χ0n) is 17.8. The summed E-state index contributed by atoms with van der Waals surface area (Å²) in [6.45, 7) is 3.24. The Morgan fingerprint density at radius 2 is 1.87 bits per heavy atom. The van der Waals surface area contributed by atoms with Crippen molar-refractivity contribution in [1.29, 1.82) is 0 Å².